The summed E-state index contributed by atoms with van der Waals surface area (Å²) in [5.41, 5.74) is 1.45. The molecule has 1 aliphatic rings. The Morgan fingerprint density at radius 2 is 2.04 bits per heavy atom. The first kappa shape index (κ1) is 17.4. The Bertz CT molecular complexity index is 701. The lowest BCUT2D eigenvalue weighted by molar-refractivity contribution is -0.136. The number of benzene rings is 1. The number of rotatable bonds is 3. The van der Waals surface area contributed by atoms with Gasteiger partial charge in [-0.05, 0) is 47.2 Å². The number of phenolic OH excluding ortho intramolecular Hbond substituents is 1. The molecule has 2 amide bonds. The fraction of sp³-hybridized carbons (Fsp3) is 0.333. The van der Waals surface area contributed by atoms with Crippen LogP contribution in [0.3, 0.4) is 0 Å². The van der Waals surface area contributed by atoms with E-state index in [1.807, 2.05) is 22.6 Å². The Morgan fingerprint density at radius 1 is 1.39 bits per heavy atom. The van der Waals surface area contributed by atoms with Gasteiger partial charge in [-0.2, -0.15) is 0 Å². The first-order chi connectivity index (χ1) is 10.8. The number of carbonyl (C=O) groups is 2. The molecule has 0 aromatic heterocycles. The second kappa shape index (κ2) is 6.65. The van der Waals surface area contributed by atoms with Crippen molar-refractivity contribution in [3.63, 3.8) is 0 Å². The van der Waals surface area contributed by atoms with Crippen LogP contribution in [0.2, 0.25) is 0 Å². The number of esters is 1. The number of nitrogens with zero attached hydrogens (tertiary/aromatic N) is 1. The lowest BCUT2D eigenvalue weighted by Crippen LogP contribution is -2.46. The van der Waals surface area contributed by atoms with Gasteiger partial charge in [0.25, 0.3) is 0 Å². The van der Waals surface area contributed by atoms with Gasteiger partial charge in [0.15, 0.2) is 11.5 Å². The zero-order valence-corrected chi connectivity index (χ0v) is 15.3. The number of aromatic hydroxyl groups is 1. The van der Waals surface area contributed by atoms with Gasteiger partial charge >= 0.3 is 12.0 Å². The number of amides is 2. The largest absolute Gasteiger partial charge is 0.504 e. The van der Waals surface area contributed by atoms with Crippen molar-refractivity contribution in [3.05, 3.63) is 32.5 Å². The van der Waals surface area contributed by atoms with Crippen LogP contribution in [0.25, 0.3) is 0 Å². The summed E-state index contributed by atoms with van der Waals surface area (Å²) in [6, 6.07) is 2.26. The average Bonchev–Trinajstić information content (AvgIpc) is 2.54. The molecule has 1 aromatic rings. The summed E-state index contributed by atoms with van der Waals surface area (Å²) in [5, 5.41) is 12.7. The number of nitrogens with one attached hydrogen (secondary N) is 1. The van der Waals surface area contributed by atoms with Crippen molar-refractivity contribution in [2.45, 2.75) is 13.0 Å². The molecule has 1 aliphatic heterocycles. The molecule has 1 aromatic carbocycles. The second-order valence-electron chi connectivity index (χ2n) is 4.99. The summed E-state index contributed by atoms with van der Waals surface area (Å²) < 4.78 is 10.5. The van der Waals surface area contributed by atoms with Crippen LogP contribution in [0, 0.1) is 3.57 Å². The van der Waals surface area contributed by atoms with Crippen LogP contribution >= 0.6 is 22.6 Å². The van der Waals surface area contributed by atoms with E-state index in [1.54, 1.807) is 26.1 Å². The Labute approximate surface area is 147 Å². The highest BCUT2D eigenvalue weighted by atomic mass is 127. The molecule has 124 valence electrons. The minimum Gasteiger partial charge on any atom is -0.504 e. The molecular weight excluding hydrogens is 415 g/mol. The molecule has 2 N–H and O–H groups in total. The average molecular weight is 432 g/mol. The van der Waals surface area contributed by atoms with Gasteiger partial charge < -0.3 is 24.8 Å². The number of phenols is 1. The summed E-state index contributed by atoms with van der Waals surface area (Å²) in [4.78, 5) is 25.6. The highest BCUT2D eigenvalue weighted by Gasteiger charge is 2.35. The Balaban J connectivity index is 2.62. The van der Waals surface area contributed by atoms with Crippen molar-refractivity contribution in [3.8, 4) is 11.5 Å². The minimum absolute atomic E-state index is 0.0106. The normalized spacial score (nSPS) is 17.9. The smallest absolute Gasteiger partial charge is 0.337 e. The fourth-order valence-electron chi connectivity index (χ4n) is 2.38. The van der Waals surface area contributed by atoms with E-state index in [-0.39, 0.29) is 17.5 Å². The molecule has 1 heterocycles. The molecule has 0 fully saturated rings. The van der Waals surface area contributed by atoms with Crippen LogP contribution < -0.4 is 10.1 Å². The lowest BCUT2D eigenvalue weighted by atomic mass is 9.94. The molecule has 1 atom stereocenters. The van der Waals surface area contributed by atoms with Gasteiger partial charge in [0.05, 0.1) is 29.4 Å². The molecule has 0 spiro atoms. The van der Waals surface area contributed by atoms with E-state index in [4.69, 9.17) is 9.47 Å². The number of methoxy groups -OCH3 is 2. The summed E-state index contributed by atoms with van der Waals surface area (Å²) in [6.07, 6.45) is 0. The third kappa shape index (κ3) is 3.07. The van der Waals surface area contributed by atoms with Crippen LogP contribution in [-0.4, -0.2) is 43.3 Å². The lowest BCUT2D eigenvalue weighted by Gasteiger charge is -2.33. The zero-order chi connectivity index (χ0) is 17.3. The highest BCUT2D eigenvalue weighted by Crippen LogP contribution is 2.38. The van der Waals surface area contributed by atoms with Crippen LogP contribution in [0.1, 0.15) is 18.5 Å². The van der Waals surface area contributed by atoms with E-state index >= 15 is 0 Å². The number of hydrogen-bond acceptors (Lipinski definition) is 5. The molecule has 2 rings (SSSR count). The zero-order valence-electron chi connectivity index (χ0n) is 13.1. The minimum atomic E-state index is -0.686. The number of urea groups is 1. The van der Waals surface area contributed by atoms with Crippen molar-refractivity contribution in [2.24, 2.45) is 0 Å². The topological polar surface area (TPSA) is 88.1 Å². The van der Waals surface area contributed by atoms with Crippen LogP contribution in [-0.2, 0) is 9.53 Å². The van der Waals surface area contributed by atoms with Crippen LogP contribution in [0.4, 0.5) is 4.79 Å². The molecule has 8 heteroatoms. The molecular formula is C15H17IN2O5. The van der Waals surface area contributed by atoms with Gasteiger partial charge in [-0.15, -0.1) is 0 Å². The Kier molecular flexibility index (Phi) is 5.03. The van der Waals surface area contributed by atoms with Crippen molar-refractivity contribution in [1.82, 2.24) is 10.2 Å². The predicted octanol–water partition coefficient (Wildman–Crippen LogP) is 2.15. The van der Waals surface area contributed by atoms with Crippen LogP contribution in [0.15, 0.2) is 23.4 Å². The molecule has 0 aliphatic carbocycles. The van der Waals surface area contributed by atoms with E-state index < -0.39 is 12.0 Å². The summed E-state index contributed by atoms with van der Waals surface area (Å²) in [6.45, 7) is 1.68. The van der Waals surface area contributed by atoms with E-state index in [1.165, 1.54) is 19.1 Å². The number of ether oxygens (including phenoxy) is 2. The number of hydrogen-bond donors (Lipinski definition) is 2. The third-order valence-electron chi connectivity index (χ3n) is 3.76. The van der Waals surface area contributed by atoms with E-state index in [9.17, 15) is 14.7 Å². The van der Waals surface area contributed by atoms with Crippen molar-refractivity contribution < 1.29 is 24.2 Å². The van der Waals surface area contributed by atoms with Crippen molar-refractivity contribution in [1.29, 1.82) is 0 Å². The molecule has 23 heavy (non-hydrogen) atoms. The van der Waals surface area contributed by atoms with Gasteiger partial charge in [-0.3, -0.25) is 0 Å². The predicted molar refractivity (Wildman–Crippen MR) is 91.1 cm³/mol. The third-order valence-corrected chi connectivity index (χ3v) is 4.59. The summed E-state index contributed by atoms with van der Waals surface area (Å²) in [5.74, 6) is -0.250. The van der Waals surface area contributed by atoms with E-state index in [0.717, 1.165) is 0 Å². The van der Waals surface area contributed by atoms with E-state index in [0.29, 0.717) is 20.4 Å². The molecule has 0 saturated carbocycles. The van der Waals surface area contributed by atoms with Gasteiger partial charge in [0, 0.05) is 12.7 Å². The SMILES string of the molecule is COC(=O)C1=C(C)N(C)C(=O)N[C@H]1c1cc(I)c(O)c(OC)c1. The second-order valence-corrected chi connectivity index (χ2v) is 6.15. The Hall–Kier alpha value is -1.97. The number of allylic oxidation sites excluding steroid dienone is 1. The molecule has 0 bridgehead atoms. The summed E-state index contributed by atoms with van der Waals surface area (Å²) >= 11 is 1.96. The first-order valence-electron chi connectivity index (χ1n) is 6.71. The van der Waals surface area contributed by atoms with Crippen molar-refractivity contribution in [2.75, 3.05) is 21.3 Å². The maximum Gasteiger partial charge on any atom is 0.337 e. The van der Waals surface area contributed by atoms with Gasteiger partial charge in [0.1, 0.15) is 0 Å². The standard InChI is InChI=1S/C15H17IN2O5/c1-7-11(14(20)23-4)12(17-15(21)18(7)2)8-5-9(16)13(19)10(6-8)22-3/h5-6,12,19H,1-4H3,(H,17,21)/t12-/m0/s1. The monoisotopic (exact) mass is 432 g/mol. The van der Waals surface area contributed by atoms with Crippen molar-refractivity contribution >= 4 is 34.6 Å². The maximum absolute atomic E-state index is 12.2. The maximum atomic E-state index is 12.2. The fourth-order valence-corrected chi connectivity index (χ4v) is 3.00. The number of halogens is 1. The first-order valence-corrected chi connectivity index (χ1v) is 7.79. The molecule has 0 saturated heterocycles. The quantitative estimate of drug-likeness (QED) is 0.565. The molecule has 0 radical (unpaired) electrons. The van der Waals surface area contributed by atoms with Gasteiger partial charge in [-0.1, -0.05) is 0 Å². The van der Waals surface area contributed by atoms with Gasteiger partial charge in [-0.25, -0.2) is 9.59 Å². The number of carbonyl (C=O) groups excluding carboxylic acids is 2. The molecule has 7 nitrogen and oxygen atoms in total. The van der Waals surface area contributed by atoms with E-state index in [2.05, 4.69) is 5.32 Å². The highest BCUT2D eigenvalue weighted by molar-refractivity contribution is 14.1. The van der Waals surface area contributed by atoms with Crippen LogP contribution in [0.5, 0.6) is 11.5 Å². The Morgan fingerprint density at radius 3 is 2.61 bits per heavy atom. The molecule has 0 unspecified atom stereocenters. The van der Waals surface area contributed by atoms with Gasteiger partial charge in [0.2, 0.25) is 0 Å². The summed E-state index contributed by atoms with van der Waals surface area (Å²) in [7, 11) is 4.30.